The third-order valence-corrected chi connectivity index (χ3v) is 2.48. The smallest absolute Gasteiger partial charge is 0.0519 e. The fraction of sp³-hybridized carbons (Fsp3) is 1.00. The molecule has 0 bridgehead atoms. The predicted octanol–water partition coefficient (Wildman–Crippen LogP) is 3.89. The van der Waals surface area contributed by atoms with Crippen LogP contribution in [0.3, 0.4) is 0 Å². The van der Waals surface area contributed by atoms with Gasteiger partial charge in [-0.05, 0) is 40.0 Å². The van der Waals surface area contributed by atoms with E-state index in [-0.39, 0.29) is 0 Å². The summed E-state index contributed by atoms with van der Waals surface area (Å²) in [7, 11) is 0. The molecule has 2 nitrogen and oxygen atoms in total. The molecule has 0 aromatic rings. The molecule has 0 radical (unpaired) electrons. The molecule has 0 spiro atoms. The molecule has 0 rings (SSSR count). The second-order valence-corrected chi connectivity index (χ2v) is 5.60. The molecule has 0 atom stereocenters. The average molecular weight is 230 g/mol. The van der Waals surface area contributed by atoms with Gasteiger partial charge in [-0.1, -0.05) is 20.3 Å². The van der Waals surface area contributed by atoms with E-state index in [9.17, 15) is 0 Å². The Labute approximate surface area is 102 Å². The highest BCUT2D eigenvalue weighted by molar-refractivity contribution is 4.61. The van der Waals surface area contributed by atoms with Gasteiger partial charge in [0.05, 0.1) is 25.4 Å². The van der Waals surface area contributed by atoms with Crippen LogP contribution in [0, 0.1) is 11.8 Å². The van der Waals surface area contributed by atoms with E-state index < -0.39 is 0 Å². The third-order valence-electron chi connectivity index (χ3n) is 2.48. The van der Waals surface area contributed by atoms with Gasteiger partial charge in [0, 0.05) is 5.92 Å². The Kier molecular flexibility index (Phi) is 8.96. The van der Waals surface area contributed by atoms with Crippen LogP contribution in [0.4, 0.5) is 0 Å². The lowest BCUT2D eigenvalue weighted by atomic mass is 9.99. The van der Waals surface area contributed by atoms with E-state index in [1.165, 1.54) is 12.8 Å². The summed E-state index contributed by atoms with van der Waals surface area (Å²) >= 11 is 0. The first-order valence-electron chi connectivity index (χ1n) is 6.65. The Morgan fingerprint density at radius 3 is 1.44 bits per heavy atom. The van der Waals surface area contributed by atoms with E-state index in [2.05, 4.69) is 41.5 Å². The lowest BCUT2D eigenvalue weighted by Crippen LogP contribution is -2.21. The molecule has 0 aromatic carbocycles. The molecule has 0 saturated heterocycles. The van der Waals surface area contributed by atoms with Crippen LogP contribution < -0.4 is 0 Å². The van der Waals surface area contributed by atoms with Crippen LogP contribution in [0.2, 0.25) is 0 Å². The van der Waals surface area contributed by atoms with Gasteiger partial charge in [-0.15, -0.1) is 0 Å². The predicted molar refractivity (Wildman–Crippen MR) is 69.7 cm³/mol. The Morgan fingerprint density at radius 2 is 1.12 bits per heavy atom. The maximum absolute atomic E-state index is 5.69. The Morgan fingerprint density at radius 1 is 0.688 bits per heavy atom. The first-order chi connectivity index (χ1) is 7.41. The third kappa shape index (κ3) is 10.4. The SMILES string of the molecule is CC(C)CCC(COC(C)C)COC(C)C. The molecule has 0 N–H and O–H groups in total. The fourth-order valence-corrected chi connectivity index (χ4v) is 1.44. The summed E-state index contributed by atoms with van der Waals surface area (Å²) in [6.07, 6.45) is 3.10. The lowest BCUT2D eigenvalue weighted by molar-refractivity contribution is -0.00701. The first-order valence-corrected chi connectivity index (χ1v) is 6.65. The van der Waals surface area contributed by atoms with Gasteiger partial charge in [0.1, 0.15) is 0 Å². The lowest BCUT2D eigenvalue weighted by Gasteiger charge is -2.20. The summed E-state index contributed by atoms with van der Waals surface area (Å²) in [5, 5.41) is 0. The monoisotopic (exact) mass is 230 g/mol. The highest BCUT2D eigenvalue weighted by Gasteiger charge is 2.12. The summed E-state index contributed by atoms with van der Waals surface area (Å²) in [6, 6.07) is 0. The van der Waals surface area contributed by atoms with E-state index >= 15 is 0 Å². The van der Waals surface area contributed by atoms with Crippen LogP contribution in [-0.2, 0) is 9.47 Å². The van der Waals surface area contributed by atoms with Crippen LogP contribution in [0.15, 0.2) is 0 Å². The van der Waals surface area contributed by atoms with E-state index in [0.717, 1.165) is 19.1 Å². The molecule has 0 heterocycles. The van der Waals surface area contributed by atoms with Crippen molar-refractivity contribution in [1.82, 2.24) is 0 Å². The standard InChI is InChI=1S/C14H30O2/c1-11(2)7-8-14(9-15-12(3)4)10-16-13(5)6/h11-14H,7-10H2,1-6H3. The number of hydrogen-bond acceptors (Lipinski definition) is 2. The molecule has 0 aliphatic rings. The van der Waals surface area contributed by atoms with E-state index in [1.54, 1.807) is 0 Å². The van der Waals surface area contributed by atoms with Crippen LogP contribution >= 0.6 is 0 Å². The summed E-state index contributed by atoms with van der Waals surface area (Å²) in [5.41, 5.74) is 0. The molecule has 0 fully saturated rings. The molecule has 98 valence electrons. The maximum Gasteiger partial charge on any atom is 0.0519 e. The number of hydrogen-bond donors (Lipinski definition) is 0. The molecule has 2 heteroatoms. The van der Waals surface area contributed by atoms with Crippen LogP contribution in [0.1, 0.15) is 54.4 Å². The van der Waals surface area contributed by atoms with Gasteiger partial charge < -0.3 is 9.47 Å². The second kappa shape index (κ2) is 9.00. The zero-order valence-electron chi connectivity index (χ0n) is 12.0. The minimum absolute atomic E-state index is 0.320. The average Bonchev–Trinajstić information content (AvgIpc) is 2.15. The van der Waals surface area contributed by atoms with Gasteiger partial charge in [0.15, 0.2) is 0 Å². The summed E-state index contributed by atoms with van der Waals surface area (Å²) in [5.74, 6) is 1.31. The minimum atomic E-state index is 0.320. The summed E-state index contributed by atoms with van der Waals surface area (Å²) in [6.45, 7) is 14.5. The highest BCUT2D eigenvalue weighted by Crippen LogP contribution is 2.14. The van der Waals surface area contributed by atoms with Crippen molar-refractivity contribution in [3.63, 3.8) is 0 Å². The van der Waals surface area contributed by atoms with Crippen molar-refractivity contribution in [3.05, 3.63) is 0 Å². The summed E-state index contributed by atoms with van der Waals surface area (Å²) in [4.78, 5) is 0. The Hall–Kier alpha value is -0.0800. The van der Waals surface area contributed by atoms with Crippen molar-refractivity contribution in [1.29, 1.82) is 0 Å². The molecule has 0 aliphatic heterocycles. The Bertz CT molecular complexity index is 124. The van der Waals surface area contributed by atoms with Gasteiger partial charge in [-0.2, -0.15) is 0 Å². The number of rotatable bonds is 9. The van der Waals surface area contributed by atoms with Crippen LogP contribution in [-0.4, -0.2) is 25.4 Å². The second-order valence-electron chi connectivity index (χ2n) is 5.60. The number of ether oxygens (including phenoxy) is 2. The van der Waals surface area contributed by atoms with Gasteiger partial charge in [-0.3, -0.25) is 0 Å². The molecule has 0 unspecified atom stereocenters. The minimum Gasteiger partial charge on any atom is -0.378 e. The maximum atomic E-state index is 5.69. The summed E-state index contributed by atoms with van der Waals surface area (Å²) < 4.78 is 11.4. The zero-order valence-corrected chi connectivity index (χ0v) is 12.0. The molecular formula is C14H30O2. The van der Waals surface area contributed by atoms with Gasteiger partial charge in [-0.25, -0.2) is 0 Å². The van der Waals surface area contributed by atoms with E-state index in [1.807, 2.05) is 0 Å². The van der Waals surface area contributed by atoms with Crippen molar-refractivity contribution in [2.45, 2.75) is 66.6 Å². The fourth-order valence-electron chi connectivity index (χ4n) is 1.44. The van der Waals surface area contributed by atoms with Gasteiger partial charge in [0.25, 0.3) is 0 Å². The zero-order chi connectivity index (χ0) is 12.6. The van der Waals surface area contributed by atoms with Crippen LogP contribution in [0.25, 0.3) is 0 Å². The van der Waals surface area contributed by atoms with Crippen molar-refractivity contribution in [3.8, 4) is 0 Å². The first kappa shape index (κ1) is 15.9. The van der Waals surface area contributed by atoms with Gasteiger partial charge >= 0.3 is 0 Å². The molecule has 0 aliphatic carbocycles. The van der Waals surface area contributed by atoms with E-state index in [4.69, 9.17) is 9.47 Å². The topological polar surface area (TPSA) is 18.5 Å². The quantitative estimate of drug-likeness (QED) is 0.598. The largest absolute Gasteiger partial charge is 0.378 e. The van der Waals surface area contributed by atoms with Crippen molar-refractivity contribution in [2.75, 3.05) is 13.2 Å². The Balaban J connectivity index is 3.85. The van der Waals surface area contributed by atoms with E-state index in [0.29, 0.717) is 18.1 Å². The van der Waals surface area contributed by atoms with Crippen molar-refractivity contribution in [2.24, 2.45) is 11.8 Å². The van der Waals surface area contributed by atoms with Gasteiger partial charge in [0.2, 0.25) is 0 Å². The van der Waals surface area contributed by atoms with Crippen molar-refractivity contribution >= 4 is 0 Å². The molecule has 0 aromatic heterocycles. The molecule has 0 amide bonds. The van der Waals surface area contributed by atoms with Crippen LogP contribution in [0.5, 0.6) is 0 Å². The molecular weight excluding hydrogens is 200 g/mol. The highest BCUT2D eigenvalue weighted by atomic mass is 16.5. The molecule has 16 heavy (non-hydrogen) atoms. The normalized spacial score (nSPS) is 12.4. The van der Waals surface area contributed by atoms with Crippen molar-refractivity contribution < 1.29 is 9.47 Å². The molecule has 0 saturated carbocycles.